The Morgan fingerprint density at radius 1 is 1.07 bits per heavy atom. The third-order valence-corrected chi connectivity index (χ3v) is 4.40. The van der Waals surface area contributed by atoms with E-state index in [1.807, 2.05) is 37.3 Å². The van der Waals surface area contributed by atoms with E-state index < -0.39 is 5.82 Å². The van der Waals surface area contributed by atoms with E-state index in [4.69, 9.17) is 12.2 Å². The molecule has 0 spiro atoms. The first-order chi connectivity index (χ1) is 13.5. The lowest BCUT2D eigenvalue weighted by molar-refractivity contribution is 0.0943. The van der Waals surface area contributed by atoms with E-state index in [-0.39, 0.29) is 16.7 Å². The normalized spacial score (nSPS) is 10.4. The third kappa shape index (κ3) is 4.52. The summed E-state index contributed by atoms with van der Waals surface area (Å²) in [5.41, 5.74) is 8.25. The minimum atomic E-state index is -0.438. The standard InChI is InChI=1S/C20H20FN5OS/c1-13-18(14(2)26(25-13)12-15-8-4-3-5-9-15)19(27)23-24-20(28)22-17-11-7-6-10-16(17)21/h3-11H,12H2,1-2H3,(H,23,27)(H2,22,24,28). The molecule has 6 nitrogen and oxygen atoms in total. The molecule has 3 aromatic rings. The van der Waals surface area contributed by atoms with Crippen molar-refractivity contribution in [1.82, 2.24) is 20.6 Å². The molecule has 0 aliphatic carbocycles. The summed E-state index contributed by atoms with van der Waals surface area (Å²) in [5, 5.41) is 7.23. The number of carbonyl (C=O) groups excluding carboxylic acids is 1. The van der Waals surface area contributed by atoms with Gasteiger partial charge in [0.15, 0.2) is 5.11 Å². The van der Waals surface area contributed by atoms with Crippen LogP contribution in [0.25, 0.3) is 0 Å². The van der Waals surface area contributed by atoms with Gasteiger partial charge in [-0.15, -0.1) is 0 Å². The summed E-state index contributed by atoms with van der Waals surface area (Å²) >= 11 is 5.10. The van der Waals surface area contributed by atoms with Crippen LogP contribution < -0.4 is 16.2 Å². The number of anilines is 1. The van der Waals surface area contributed by atoms with Crippen LogP contribution in [0.5, 0.6) is 0 Å². The van der Waals surface area contributed by atoms with E-state index in [0.29, 0.717) is 17.8 Å². The first-order valence-electron chi connectivity index (χ1n) is 8.65. The highest BCUT2D eigenvalue weighted by molar-refractivity contribution is 7.80. The van der Waals surface area contributed by atoms with Crippen molar-refractivity contribution in [3.8, 4) is 0 Å². The predicted molar refractivity (Wildman–Crippen MR) is 110 cm³/mol. The van der Waals surface area contributed by atoms with Crippen LogP contribution in [0, 0.1) is 19.7 Å². The SMILES string of the molecule is Cc1nn(Cc2ccccc2)c(C)c1C(=O)NNC(=S)Nc1ccccc1F. The van der Waals surface area contributed by atoms with Crippen molar-refractivity contribution in [3.05, 3.63) is 82.9 Å². The fraction of sp³-hybridized carbons (Fsp3) is 0.150. The quantitative estimate of drug-likeness (QED) is 0.465. The number of rotatable bonds is 4. The summed E-state index contributed by atoms with van der Waals surface area (Å²) in [6.07, 6.45) is 0. The lowest BCUT2D eigenvalue weighted by Gasteiger charge is -2.12. The first-order valence-corrected chi connectivity index (χ1v) is 9.06. The highest BCUT2D eigenvalue weighted by Crippen LogP contribution is 2.15. The van der Waals surface area contributed by atoms with E-state index in [2.05, 4.69) is 21.3 Å². The van der Waals surface area contributed by atoms with Gasteiger partial charge in [-0.3, -0.25) is 20.3 Å². The number of hydrogen-bond donors (Lipinski definition) is 3. The number of nitrogens with zero attached hydrogens (tertiary/aromatic N) is 2. The molecule has 0 atom stereocenters. The Morgan fingerprint density at radius 2 is 1.75 bits per heavy atom. The smallest absolute Gasteiger partial charge is 0.273 e. The number of hydrogen-bond acceptors (Lipinski definition) is 3. The number of halogens is 1. The lowest BCUT2D eigenvalue weighted by atomic mass is 10.2. The van der Waals surface area contributed by atoms with E-state index in [1.54, 1.807) is 29.8 Å². The highest BCUT2D eigenvalue weighted by Gasteiger charge is 2.19. The number of carbonyl (C=O) groups is 1. The molecule has 3 N–H and O–H groups in total. The zero-order valence-electron chi connectivity index (χ0n) is 15.5. The molecule has 0 bridgehead atoms. The van der Waals surface area contributed by atoms with Crippen LogP contribution in [-0.4, -0.2) is 20.8 Å². The van der Waals surface area contributed by atoms with Crippen molar-refractivity contribution >= 4 is 28.9 Å². The van der Waals surface area contributed by atoms with Crippen LogP contribution in [0.4, 0.5) is 10.1 Å². The molecule has 144 valence electrons. The van der Waals surface area contributed by atoms with Gasteiger partial charge < -0.3 is 5.32 Å². The second kappa shape index (κ2) is 8.62. The Hall–Kier alpha value is -3.26. The van der Waals surface area contributed by atoms with Crippen molar-refractivity contribution < 1.29 is 9.18 Å². The van der Waals surface area contributed by atoms with Crippen LogP contribution in [-0.2, 0) is 6.54 Å². The average Bonchev–Trinajstić information content (AvgIpc) is 2.96. The third-order valence-electron chi connectivity index (χ3n) is 4.20. The number of aromatic nitrogens is 2. The number of hydrazine groups is 1. The van der Waals surface area contributed by atoms with Gasteiger partial charge in [0.25, 0.3) is 5.91 Å². The van der Waals surface area contributed by atoms with Crippen LogP contribution in [0.3, 0.4) is 0 Å². The molecule has 1 heterocycles. The average molecular weight is 397 g/mol. The molecule has 0 saturated heterocycles. The largest absolute Gasteiger partial charge is 0.329 e. The maximum atomic E-state index is 13.7. The van der Waals surface area contributed by atoms with E-state index in [1.165, 1.54) is 6.07 Å². The molecule has 2 aromatic carbocycles. The number of amides is 1. The molecule has 1 aromatic heterocycles. The van der Waals surface area contributed by atoms with Crippen molar-refractivity contribution in [2.75, 3.05) is 5.32 Å². The lowest BCUT2D eigenvalue weighted by Crippen LogP contribution is -2.44. The number of aryl methyl sites for hydroxylation is 1. The van der Waals surface area contributed by atoms with Gasteiger partial charge in [-0.1, -0.05) is 42.5 Å². The Labute approximate surface area is 167 Å². The second-order valence-electron chi connectivity index (χ2n) is 6.20. The van der Waals surface area contributed by atoms with Gasteiger partial charge in [-0.25, -0.2) is 4.39 Å². The van der Waals surface area contributed by atoms with Crippen LogP contribution in [0.2, 0.25) is 0 Å². The molecular weight excluding hydrogens is 377 g/mol. The Balaban J connectivity index is 1.64. The van der Waals surface area contributed by atoms with Crippen molar-refractivity contribution in [1.29, 1.82) is 0 Å². The van der Waals surface area contributed by atoms with Gasteiger partial charge in [-0.05, 0) is 43.8 Å². The fourth-order valence-electron chi connectivity index (χ4n) is 2.83. The molecule has 0 aliphatic rings. The molecule has 3 rings (SSSR count). The van der Waals surface area contributed by atoms with E-state index in [9.17, 15) is 9.18 Å². The summed E-state index contributed by atoms with van der Waals surface area (Å²) in [5.74, 6) is -0.807. The molecule has 8 heteroatoms. The summed E-state index contributed by atoms with van der Waals surface area (Å²) in [6.45, 7) is 4.19. The van der Waals surface area contributed by atoms with E-state index >= 15 is 0 Å². The molecular formula is C20H20FN5OS. The van der Waals surface area contributed by atoms with Gasteiger partial charge in [0.2, 0.25) is 0 Å². The zero-order valence-corrected chi connectivity index (χ0v) is 16.3. The van der Waals surface area contributed by atoms with Gasteiger partial charge in [0.05, 0.1) is 23.5 Å². The highest BCUT2D eigenvalue weighted by atomic mass is 32.1. The Morgan fingerprint density at radius 3 is 2.46 bits per heavy atom. The Bertz CT molecular complexity index is 1000. The van der Waals surface area contributed by atoms with Gasteiger partial charge >= 0.3 is 0 Å². The number of para-hydroxylation sites is 1. The van der Waals surface area contributed by atoms with Crippen LogP contribution in [0.15, 0.2) is 54.6 Å². The van der Waals surface area contributed by atoms with Crippen molar-refractivity contribution in [2.24, 2.45) is 0 Å². The summed E-state index contributed by atoms with van der Waals surface area (Å²) in [4.78, 5) is 12.6. The monoisotopic (exact) mass is 397 g/mol. The molecule has 0 radical (unpaired) electrons. The molecule has 0 aliphatic heterocycles. The van der Waals surface area contributed by atoms with Crippen molar-refractivity contribution in [3.63, 3.8) is 0 Å². The number of benzene rings is 2. The van der Waals surface area contributed by atoms with Gasteiger partial charge in [0.1, 0.15) is 5.82 Å². The zero-order chi connectivity index (χ0) is 20.1. The predicted octanol–water partition coefficient (Wildman–Crippen LogP) is 3.32. The fourth-order valence-corrected chi connectivity index (χ4v) is 2.99. The molecule has 1 amide bonds. The summed E-state index contributed by atoms with van der Waals surface area (Å²) in [6, 6.07) is 16.0. The number of nitrogens with one attached hydrogen (secondary N) is 3. The van der Waals surface area contributed by atoms with Gasteiger partial charge in [0, 0.05) is 5.69 Å². The second-order valence-corrected chi connectivity index (χ2v) is 6.61. The maximum Gasteiger partial charge on any atom is 0.273 e. The minimum absolute atomic E-state index is 0.0745. The summed E-state index contributed by atoms with van der Waals surface area (Å²) in [7, 11) is 0. The molecule has 28 heavy (non-hydrogen) atoms. The van der Waals surface area contributed by atoms with Crippen LogP contribution in [0.1, 0.15) is 27.3 Å². The molecule has 0 unspecified atom stereocenters. The summed E-state index contributed by atoms with van der Waals surface area (Å²) < 4.78 is 15.4. The first kappa shape index (κ1) is 19.5. The maximum absolute atomic E-state index is 13.7. The Kier molecular flexibility index (Phi) is 6.00. The number of thiocarbonyl (C=S) groups is 1. The topological polar surface area (TPSA) is 71.0 Å². The molecule has 0 saturated carbocycles. The van der Waals surface area contributed by atoms with Gasteiger partial charge in [-0.2, -0.15) is 5.10 Å². The minimum Gasteiger partial charge on any atom is -0.329 e. The molecule has 0 fully saturated rings. The van der Waals surface area contributed by atoms with Crippen LogP contribution >= 0.6 is 12.2 Å². The van der Waals surface area contributed by atoms with E-state index in [0.717, 1.165) is 11.3 Å². The van der Waals surface area contributed by atoms with Crippen molar-refractivity contribution in [2.45, 2.75) is 20.4 Å².